The first-order chi connectivity index (χ1) is 13.1. The highest BCUT2D eigenvalue weighted by molar-refractivity contribution is 7.89. The molecule has 0 unspecified atom stereocenters. The summed E-state index contributed by atoms with van der Waals surface area (Å²) in [5.41, 5.74) is 0.729. The van der Waals surface area contributed by atoms with Crippen molar-refractivity contribution in [2.75, 3.05) is 19.6 Å². The molecule has 1 saturated heterocycles. The van der Waals surface area contributed by atoms with Crippen LogP contribution in [0.1, 0.15) is 18.5 Å². The summed E-state index contributed by atoms with van der Waals surface area (Å²) < 4.78 is 34.6. The molecule has 0 bridgehead atoms. The van der Waals surface area contributed by atoms with Crippen LogP contribution in [-0.2, 0) is 16.6 Å². The monoisotopic (exact) mass is 386 g/mol. The number of ether oxygens (including phenoxy) is 1. The molecule has 3 aliphatic rings. The third-order valence-corrected chi connectivity index (χ3v) is 7.41. The highest BCUT2D eigenvalue weighted by atomic mass is 32.2. The molecule has 2 fully saturated rings. The van der Waals surface area contributed by atoms with E-state index in [1.807, 2.05) is 18.2 Å². The molecular formula is C19H22N4O3S. The smallest absolute Gasteiger partial charge is 0.249 e. The number of rotatable bonds is 4. The molecule has 7 nitrogen and oxygen atoms in total. The van der Waals surface area contributed by atoms with E-state index in [-0.39, 0.29) is 29.5 Å². The second kappa shape index (κ2) is 6.54. The number of hydrogen-bond donors (Lipinski definition) is 0. The van der Waals surface area contributed by atoms with Gasteiger partial charge >= 0.3 is 0 Å². The Morgan fingerprint density at radius 2 is 1.93 bits per heavy atom. The van der Waals surface area contributed by atoms with Gasteiger partial charge in [-0.3, -0.25) is 9.88 Å². The maximum atomic E-state index is 13.5. The Bertz CT molecular complexity index is 933. The molecule has 8 heteroatoms. The molecule has 142 valence electrons. The van der Waals surface area contributed by atoms with Crippen LogP contribution in [0.2, 0.25) is 0 Å². The van der Waals surface area contributed by atoms with Gasteiger partial charge in [-0.15, -0.1) is 0 Å². The number of aromatic nitrogens is 2. The molecule has 0 spiro atoms. The van der Waals surface area contributed by atoms with E-state index < -0.39 is 10.0 Å². The SMILES string of the molecule is O=S1(=O)c2cccnc2O[C@@H]2CN(CC3CC3)C[C@@H]2N1Cc1ccccn1. The number of hydrogen-bond acceptors (Lipinski definition) is 6. The van der Waals surface area contributed by atoms with Crippen molar-refractivity contribution in [3.8, 4) is 5.88 Å². The molecular weight excluding hydrogens is 364 g/mol. The summed E-state index contributed by atoms with van der Waals surface area (Å²) in [6.07, 6.45) is 5.59. The molecule has 0 N–H and O–H groups in total. The van der Waals surface area contributed by atoms with E-state index in [0.717, 1.165) is 24.7 Å². The van der Waals surface area contributed by atoms with Gasteiger partial charge in [0.2, 0.25) is 15.9 Å². The van der Waals surface area contributed by atoms with Crippen molar-refractivity contribution < 1.29 is 13.2 Å². The highest BCUT2D eigenvalue weighted by Crippen LogP contribution is 2.37. The van der Waals surface area contributed by atoms with Gasteiger partial charge < -0.3 is 4.74 Å². The normalized spacial score (nSPS) is 27.4. The summed E-state index contributed by atoms with van der Waals surface area (Å²) in [4.78, 5) is 11.0. The number of fused-ring (bicyclic) bond motifs is 2. The zero-order valence-corrected chi connectivity index (χ0v) is 15.8. The average Bonchev–Trinajstić information content (AvgIpc) is 3.41. The van der Waals surface area contributed by atoms with Crippen LogP contribution in [0.15, 0.2) is 47.6 Å². The number of sulfonamides is 1. The molecule has 2 aromatic heterocycles. The van der Waals surface area contributed by atoms with Crippen LogP contribution in [0, 0.1) is 5.92 Å². The highest BCUT2D eigenvalue weighted by Gasteiger charge is 2.48. The molecule has 5 rings (SSSR count). The summed E-state index contributed by atoms with van der Waals surface area (Å²) in [5.74, 6) is 0.961. The van der Waals surface area contributed by atoms with Crippen LogP contribution in [0.3, 0.4) is 0 Å². The van der Waals surface area contributed by atoms with Gasteiger partial charge in [-0.25, -0.2) is 13.4 Å². The lowest BCUT2D eigenvalue weighted by Crippen LogP contribution is -2.46. The number of nitrogens with zero attached hydrogens (tertiary/aromatic N) is 4. The minimum atomic E-state index is -3.73. The Balaban J connectivity index is 1.53. The van der Waals surface area contributed by atoms with Crippen molar-refractivity contribution >= 4 is 10.0 Å². The van der Waals surface area contributed by atoms with Crippen molar-refractivity contribution in [1.29, 1.82) is 0 Å². The van der Waals surface area contributed by atoms with Gasteiger partial charge in [-0.1, -0.05) is 6.07 Å². The van der Waals surface area contributed by atoms with Crippen LogP contribution in [-0.4, -0.2) is 59.4 Å². The Labute approximate surface area is 159 Å². The second-order valence-corrected chi connectivity index (χ2v) is 9.42. The van der Waals surface area contributed by atoms with Crippen LogP contribution in [0.4, 0.5) is 0 Å². The lowest BCUT2D eigenvalue weighted by molar-refractivity contribution is 0.143. The van der Waals surface area contributed by atoms with Crippen LogP contribution < -0.4 is 4.74 Å². The van der Waals surface area contributed by atoms with Crippen molar-refractivity contribution in [2.24, 2.45) is 5.92 Å². The topological polar surface area (TPSA) is 75.6 Å². The molecule has 0 amide bonds. The van der Waals surface area contributed by atoms with Crippen molar-refractivity contribution in [3.63, 3.8) is 0 Å². The molecule has 0 radical (unpaired) electrons. The molecule has 1 saturated carbocycles. The van der Waals surface area contributed by atoms with Gasteiger partial charge in [0.15, 0.2) is 0 Å². The molecule has 1 aliphatic carbocycles. The van der Waals surface area contributed by atoms with Gasteiger partial charge in [0, 0.05) is 32.0 Å². The average molecular weight is 386 g/mol. The minimum Gasteiger partial charge on any atom is -0.470 e. The van der Waals surface area contributed by atoms with Gasteiger partial charge in [0.1, 0.15) is 11.0 Å². The Morgan fingerprint density at radius 1 is 1.07 bits per heavy atom. The Kier molecular flexibility index (Phi) is 4.14. The van der Waals surface area contributed by atoms with Gasteiger partial charge in [-0.2, -0.15) is 4.31 Å². The van der Waals surface area contributed by atoms with Gasteiger partial charge in [0.05, 0.1) is 18.3 Å². The molecule has 0 aromatic carbocycles. The standard InChI is InChI=1S/C19H22N4O3S/c24-27(25)18-5-3-9-21-19(18)26-17-13-22(10-14-6-7-14)12-16(17)23(27)11-15-4-1-2-8-20-15/h1-5,8-9,14,16-17H,6-7,10-13H2/t16-,17+/m0/s1. The summed E-state index contributed by atoms with van der Waals surface area (Å²) in [6.45, 7) is 2.66. The quantitative estimate of drug-likeness (QED) is 0.793. The largest absolute Gasteiger partial charge is 0.470 e. The van der Waals surface area contributed by atoms with E-state index in [2.05, 4.69) is 14.9 Å². The van der Waals surface area contributed by atoms with Crippen LogP contribution >= 0.6 is 0 Å². The molecule has 2 aromatic rings. The second-order valence-electron chi connectivity index (χ2n) is 7.56. The summed E-state index contributed by atoms with van der Waals surface area (Å²) >= 11 is 0. The van der Waals surface area contributed by atoms with Gasteiger partial charge in [-0.05, 0) is 43.0 Å². The van der Waals surface area contributed by atoms with Crippen molar-refractivity contribution in [2.45, 2.75) is 36.4 Å². The molecule has 2 atom stereocenters. The third-order valence-electron chi connectivity index (χ3n) is 5.53. The predicted octanol–water partition coefficient (Wildman–Crippen LogP) is 1.52. The zero-order valence-electron chi connectivity index (χ0n) is 14.9. The maximum Gasteiger partial charge on any atom is 0.249 e. The van der Waals surface area contributed by atoms with E-state index in [1.165, 1.54) is 12.8 Å². The third kappa shape index (κ3) is 3.22. The summed E-state index contributed by atoms with van der Waals surface area (Å²) in [7, 11) is -3.73. The fourth-order valence-corrected chi connectivity index (χ4v) is 5.69. The lowest BCUT2D eigenvalue weighted by atomic mass is 10.2. The number of likely N-dealkylation sites (tertiary alicyclic amines) is 1. The van der Waals surface area contributed by atoms with E-state index in [1.54, 1.807) is 28.8 Å². The number of pyridine rings is 2. The fourth-order valence-electron chi connectivity index (χ4n) is 4.00. The van der Waals surface area contributed by atoms with E-state index in [9.17, 15) is 8.42 Å². The maximum absolute atomic E-state index is 13.5. The lowest BCUT2D eigenvalue weighted by Gasteiger charge is -2.27. The first-order valence-corrected chi connectivity index (χ1v) is 10.8. The predicted molar refractivity (Wildman–Crippen MR) is 98.6 cm³/mol. The zero-order chi connectivity index (χ0) is 18.4. The molecule has 2 aliphatic heterocycles. The van der Waals surface area contributed by atoms with Crippen LogP contribution in [0.25, 0.3) is 0 Å². The molecule has 27 heavy (non-hydrogen) atoms. The minimum absolute atomic E-state index is 0.143. The van der Waals surface area contributed by atoms with E-state index in [4.69, 9.17) is 4.74 Å². The van der Waals surface area contributed by atoms with E-state index >= 15 is 0 Å². The first kappa shape index (κ1) is 17.1. The van der Waals surface area contributed by atoms with Crippen LogP contribution in [0.5, 0.6) is 5.88 Å². The molecule has 4 heterocycles. The summed E-state index contributed by atoms with van der Waals surface area (Å²) in [5, 5.41) is 0. The first-order valence-electron chi connectivity index (χ1n) is 9.37. The summed E-state index contributed by atoms with van der Waals surface area (Å²) in [6, 6.07) is 8.54. The van der Waals surface area contributed by atoms with Gasteiger partial charge in [0.25, 0.3) is 0 Å². The van der Waals surface area contributed by atoms with E-state index in [0.29, 0.717) is 6.54 Å². The van der Waals surface area contributed by atoms with Crippen molar-refractivity contribution in [1.82, 2.24) is 19.2 Å². The Morgan fingerprint density at radius 3 is 2.70 bits per heavy atom. The Hall–Kier alpha value is -2.03. The fraction of sp³-hybridized carbons (Fsp3) is 0.474. The van der Waals surface area contributed by atoms with Crippen molar-refractivity contribution in [3.05, 3.63) is 48.4 Å².